The quantitative estimate of drug-likeness (QED) is 0.337. The number of fused-ring (bicyclic) bond motifs is 1. The van der Waals surface area contributed by atoms with Gasteiger partial charge in [0.25, 0.3) is 0 Å². The number of hydrogen-bond donors (Lipinski definition) is 3. The van der Waals surface area contributed by atoms with Crippen LogP contribution in [0.2, 0.25) is 0 Å². The van der Waals surface area contributed by atoms with Crippen LogP contribution in [-0.4, -0.2) is 39.7 Å². The summed E-state index contributed by atoms with van der Waals surface area (Å²) in [6.45, 7) is -0.569. The van der Waals surface area contributed by atoms with Gasteiger partial charge in [-0.05, 0) is 74.3 Å². The number of aromatic nitrogens is 2. The first-order chi connectivity index (χ1) is 18.2. The zero-order valence-corrected chi connectivity index (χ0v) is 20.7. The second-order valence-electron chi connectivity index (χ2n) is 10.2. The van der Waals surface area contributed by atoms with Gasteiger partial charge >= 0.3 is 12.1 Å². The van der Waals surface area contributed by atoms with Crippen LogP contribution in [0.4, 0.5) is 24.5 Å². The van der Waals surface area contributed by atoms with Crippen molar-refractivity contribution in [3.05, 3.63) is 59.9 Å². The van der Waals surface area contributed by atoms with Crippen LogP contribution in [0.15, 0.2) is 48.8 Å². The molecule has 7 nitrogen and oxygen atoms in total. The van der Waals surface area contributed by atoms with Crippen LogP contribution in [0.25, 0.3) is 11.0 Å². The molecule has 2 aromatic heterocycles. The standard InChI is InChI=1S/C28H29F3N4O3/c29-28(30,31)21(14-34-26(36)18-5-7-19(8-6-18)27(37)38)16-9-11-20(12-10-16)35-23-15-33-22-2-1-13-32-25(22)24(23)17-3-4-17/h1-2,9-13,15,17-19,21,35H,3-8,14H2,(H,34,36)(H,37,38)/t18?,19?,21-/m1/s1. The van der Waals surface area contributed by atoms with Crippen LogP contribution in [-0.2, 0) is 9.59 Å². The van der Waals surface area contributed by atoms with E-state index in [2.05, 4.69) is 20.6 Å². The molecule has 2 saturated carbocycles. The molecule has 38 heavy (non-hydrogen) atoms. The maximum atomic E-state index is 13.9. The Morgan fingerprint density at radius 1 is 0.974 bits per heavy atom. The lowest BCUT2D eigenvalue weighted by atomic mass is 9.81. The number of amides is 1. The van der Waals surface area contributed by atoms with Gasteiger partial charge in [0, 0.05) is 29.9 Å². The van der Waals surface area contributed by atoms with Crippen LogP contribution in [0.1, 0.15) is 61.5 Å². The van der Waals surface area contributed by atoms with Gasteiger partial charge in [0.1, 0.15) is 0 Å². The lowest BCUT2D eigenvalue weighted by Crippen LogP contribution is -2.39. The third-order valence-electron chi connectivity index (χ3n) is 7.56. The molecule has 0 unspecified atom stereocenters. The largest absolute Gasteiger partial charge is 0.481 e. The summed E-state index contributed by atoms with van der Waals surface area (Å²) >= 11 is 0. The summed E-state index contributed by atoms with van der Waals surface area (Å²) in [5.41, 5.74) is 4.20. The number of benzene rings is 1. The fourth-order valence-electron chi connectivity index (χ4n) is 5.25. The molecule has 3 N–H and O–H groups in total. The molecule has 10 heteroatoms. The minimum Gasteiger partial charge on any atom is -0.481 e. The van der Waals surface area contributed by atoms with Crippen molar-refractivity contribution in [1.82, 2.24) is 15.3 Å². The number of carboxylic acid groups (broad SMARTS) is 1. The number of nitrogens with one attached hydrogen (secondary N) is 2. The molecular formula is C28H29F3N4O3. The molecule has 1 amide bonds. The normalized spacial score (nSPS) is 20.6. The van der Waals surface area contributed by atoms with Crippen LogP contribution < -0.4 is 10.6 Å². The number of aliphatic carboxylic acids is 1. The van der Waals surface area contributed by atoms with Gasteiger partial charge in [-0.3, -0.25) is 19.6 Å². The lowest BCUT2D eigenvalue weighted by molar-refractivity contribution is -0.151. The van der Waals surface area contributed by atoms with E-state index in [1.54, 1.807) is 24.5 Å². The third kappa shape index (κ3) is 5.74. The Hall–Kier alpha value is -3.69. The summed E-state index contributed by atoms with van der Waals surface area (Å²) < 4.78 is 41.8. The maximum Gasteiger partial charge on any atom is 0.397 e. The second kappa shape index (κ2) is 10.6. The van der Waals surface area contributed by atoms with Crippen molar-refractivity contribution < 1.29 is 27.9 Å². The van der Waals surface area contributed by atoms with Crippen molar-refractivity contribution in [2.45, 2.75) is 56.5 Å². The van der Waals surface area contributed by atoms with E-state index in [0.717, 1.165) is 35.1 Å². The summed E-state index contributed by atoms with van der Waals surface area (Å²) in [6, 6.07) is 9.79. The average molecular weight is 527 g/mol. The molecule has 1 aromatic carbocycles. The highest BCUT2D eigenvalue weighted by molar-refractivity contribution is 5.85. The van der Waals surface area contributed by atoms with Crippen LogP contribution >= 0.6 is 0 Å². The molecule has 0 aliphatic heterocycles. The fourth-order valence-corrected chi connectivity index (χ4v) is 5.25. The van der Waals surface area contributed by atoms with Gasteiger partial charge in [-0.25, -0.2) is 0 Å². The Morgan fingerprint density at radius 3 is 2.29 bits per heavy atom. The molecule has 200 valence electrons. The molecule has 2 fully saturated rings. The van der Waals surface area contributed by atoms with E-state index in [0.29, 0.717) is 37.3 Å². The number of nitrogens with zero attached hydrogens (tertiary/aromatic N) is 2. The van der Waals surface area contributed by atoms with E-state index in [4.69, 9.17) is 5.11 Å². The molecule has 0 radical (unpaired) electrons. The van der Waals surface area contributed by atoms with Crippen LogP contribution in [0, 0.1) is 11.8 Å². The molecular weight excluding hydrogens is 497 g/mol. The molecule has 3 aromatic rings. The predicted octanol–water partition coefficient (Wildman–Crippen LogP) is 5.90. The van der Waals surface area contributed by atoms with Gasteiger partial charge in [0.2, 0.25) is 5.91 Å². The Balaban J connectivity index is 1.27. The minimum absolute atomic E-state index is 0.0543. The first-order valence-corrected chi connectivity index (χ1v) is 12.9. The summed E-state index contributed by atoms with van der Waals surface area (Å²) in [5, 5.41) is 14.9. The maximum absolute atomic E-state index is 13.9. The number of rotatable bonds is 8. The van der Waals surface area contributed by atoms with E-state index in [1.807, 2.05) is 12.1 Å². The number of carboxylic acids is 1. The zero-order valence-electron chi connectivity index (χ0n) is 20.7. The number of halogens is 3. The Morgan fingerprint density at radius 2 is 1.66 bits per heavy atom. The predicted molar refractivity (Wildman–Crippen MR) is 136 cm³/mol. The van der Waals surface area contributed by atoms with E-state index in [9.17, 15) is 22.8 Å². The van der Waals surface area contributed by atoms with Gasteiger partial charge in [0.05, 0.1) is 34.8 Å². The lowest BCUT2D eigenvalue weighted by Gasteiger charge is -2.27. The molecule has 1 atom stereocenters. The first kappa shape index (κ1) is 25.9. The number of pyridine rings is 2. The molecule has 0 spiro atoms. The van der Waals surface area contributed by atoms with E-state index < -0.39 is 42.4 Å². The monoisotopic (exact) mass is 526 g/mol. The van der Waals surface area contributed by atoms with E-state index in [1.165, 1.54) is 12.1 Å². The number of carbonyl (C=O) groups excluding carboxylic acids is 1. The minimum atomic E-state index is -4.55. The average Bonchev–Trinajstić information content (AvgIpc) is 3.74. The van der Waals surface area contributed by atoms with E-state index in [-0.39, 0.29) is 5.56 Å². The van der Waals surface area contributed by atoms with Crippen molar-refractivity contribution in [1.29, 1.82) is 0 Å². The SMILES string of the molecule is O=C(O)C1CCC(C(=O)NC[C@H](c2ccc(Nc3cnc4cccnc4c3C3CC3)cc2)C(F)(F)F)CC1. The van der Waals surface area contributed by atoms with Crippen LogP contribution in [0.5, 0.6) is 0 Å². The number of anilines is 2. The highest BCUT2D eigenvalue weighted by atomic mass is 19.4. The molecule has 2 aliphatic carbocycles. The van der Waals surface area contributed by atoms with E-state index >= 15 is 0 Å². The molecule has 0 bridgehead atoms. The summed E-state index contributed by atoms with van der Waals surface area (Å²) in [7, 11) is 0. The Kier molecular flexibility index (Phi) is 7.23. The zero-order chi connectivity index (χ0) is 26.9. The third-order valence-corrected chi connectivity index (χ3v) is 7.56. The molecule has 2 heterocycles. The smallest absolute Gasteiger partial charge is 0.397 e. The fraction of sp³-hybridized carbons (Fsp3) is 0.429. The van der Waals surface area contributed by atoms with Crippen molar-refractivity contribution >= 4 is 34.3 Å². The number of alkyl halides is 3. The summed E-state index contributed by atoms with van der Waals surface area (Å²) in [5.74, 6) is -3.77. The number of carbonyl (C=O) groups is 2. The first-order valence-electron chi connectivity index (χ1n) is 12.9. The number of hydrogen-bond acceptors (Lipinski definition) is 5. The second-order valence-corrected chi connectivity index (χ2v) is 10.2. The van der Waals surface area contributed by atoms with Crippen molar-refractivity contribution in [3.63, 3.8) is 0 Å². The van der Waals surface area contributed by atoms with Gasteiger partial charge in [-0.15, -0.1) is 0 Å². The van der Waals surface area contributed by atoms with Crippen molar-refractivity contribution in [2.24, 2.45) is 11.8 Å². The van der Waals surface area contributed by atoms with Crippen molar-refractivity contribution in [3.8, 4) is 0 Å². The van der Waals surface area contributed by atoms with Crippen LogP contribution in [0.3, 0.4) is 0 Å². The van der Waals surface area contributed by atoms with Gasteiger partial charge in [0.15, 0.2) is 0 Å². The Bertz CT molecular complexity index is 1320. The highest BCUT2D eigenvalue weighted by Crippen LogP contribution is 2.46. The molecule has 0 saturated heterocycles. The van der Waals surface area contributed by atoms with Gasteiger partial charge in [-0.2, -0.15) is 13.2 Å². The van der Waals surface area contributed by atoms with Gasteiger partial charge < -0.3 is 15.7 Å². The summed E-state index contributed by atoms with van der Waals surface area (Å²) in [4.78, 5) is 32.6. The topological polar surface area (TPSA) is 104 Å². The Labute approximate surface area is 217 Å². The van der Waals surface area contributed by atoms with Gasteiger partial charge in [-0.1, -0.05) is 12.1 Å². The highest BCUT2D eigenvalue weighted by Gasteiger charge is 2.41. The summed E-state index contributed by atoms with van der Waals surface area (Å²) in [6.07, 6.45) is 2.48. The molecule has 2 aliphatic rings. The molecule has 5 rings (SSSR count). The van der Waals surface area contributed by atoms with Crippen molar-refractivity contribution in [2.75, 3.05) is 11.9 Å².